The lowest BCUT2D eigenvalue weighted by molar-refractivity contribution is -0.123. The molecule has 1 unspecified atom stereocenters. The van der Waals surface area contributed by atoms with Crippen LogP contribution in [0.2, 0.25) is 0 Å². The normalized spacial score (nSPS) is 18.3. The molecule has 0 aromatic heterocycles. The molecule has 150 valence electrons. The monoisotopic (exact) mass is 377 g/mol. The predicted octanol–water partition coefficient (Wildman–Crippen LogP) is 1.78. The van der Waals surface area contributed by atoms with Gasteiger partial charge in [-0.15, -0.1) is 0 Å². The van der Waals surface area contributed by atoms with Crippen LogP contribution in [0.5, 0.6) is 0 Å². The molecule has 1 aromatic carbocycles. The molecular formula is C20H32FN5O. The van der Waals surface area contributed by atoms with Crippen LogP contribution in [0.3, 0.4) is 0 Å². The Kier molecular flexibility index (Phi) is 8.51. The third kappa shape index (κ3) is 7.17. The maximum absolute atomic E-state index is 13.6. The second kappa shape index (κ2) is 10.9. The zero-order valence-electron chi connectivity index (χ0n) is 16.4. The highest BCUT2D eigenvalue weighted by Crippen LogP contribution is 2.15. The number of carbonyl (C=O) groups is 1. The van der Waals surface area contributed by atoms with Gasteiger partial charge in [-0.05, 0) is 63.4 Å². The van der Waals surface area contributed by atoms with Crippen molar-refractivity contribution in [3.8, 4) is 0 Å². The number of benzene rings is 1. The Bertz CT molecular complexity index is 649. The first-order chi connectivity index (χ1) is 13.0. The molecule has 0 radical (unpaired) electrons. The van der Waals surface area contributed by atoms with E-state index in [1.165, 1.54) is 6.07 Å². The van der Waals surface area contributed by atoms with E-state index in [1.807, 2.05) is 13.0 Å². The number of rotatable bonds is 8. The summed E-state index contributed by atoms with van der Waals surface area (Å²) >= 11 is 0. The van der Waals surface area contributed by atoms with E-state index in [1.54, 1.807) is 13.0 Å². The Balaban J connectivity index is 1.76. The van der Waals surface area contributed by atoms with Crippen molar-refractivity contribution in [3.05, 3.63) is 35.1 Å². The highest BCUT2D eigenvalue weighted by molar-refractivity contribution is 5.79. The molecule has 1 atom stereocenters. The third-order valence-electron chi connectivity index (χ3n) is 4.85. The fraction of sp³-hybridized carbons (Fsp3) is 0.600. The molecule has 1 aliphatic heterocycles. The maximum atomic E-state index is 13.6. The number of primary amides is 1. The van der Waals surface area contributed by atoms with E-state index < -0.39 is 0 Å². The summed E-state index contributed by atoms with van der Waals surface area (Å²) in [6.07, 6.45) is 2.88. The van der Waals surface area contributed by atoms with Gasteiger partial charge in [0.1, 0.15) is 5.82 Å². The molecule has 27 heavy (non-hydrogen) atoms. The summed E-state index contributed by atoms with van der Waals surface area (Å²) in [4.78, 5) is 18.2. The van der Waals surface area contributed by atoms with Crippen molar-refractivity contribution in [2.45, 2.75) is 39.7 Å². The summed E-state index contributed by atoms with van der Waals surface area (Å²) < 4.78 is 13.6. The number of nitrogens with zero attached hydrogens (tertiary/aromatic N) is 2. The highest BCUT2D eigenvalue weighted by atomic mass is 19.1. The smallest absolute Gasteiger partial charge is 0.221 e. The number of aryl methyl sites for hydroxylation is 1. The number of nitrogens with two attached hydrogens (primary N) is 1. The summed E-state index contributed by atoms with van der Waals surface area (Å²) in [6, 6.07) is 5.21. The van der Waals surface area contributed by atoms with Gasteiger partial charge in [0.05, 0.1) is 12.5 Å². The minimum absolute atomic E-state index is 0.0134. The quantitative estimate of drug-likeness (QED) is 0.366. The van der Waals surface area contributed by atoms with Crippen molar-refractivity contribution in [2.24, 2.45) is 16.6 Å². The molecule has 0 bridgehead atoms. The van der Waals surface area contributed by atoms with Crippen molar-refractivity contribution in [1.29, 1.82) is 0 Å². The fourth-order valence-electron chi connectivity index (χ4n) is 3.25. The van der Waals surface area contributed by atoms with Gasteiger partial charge in [-0.1, -0.05) is 12.1 Å². The zero-order chi connectivity index (χ0) is 19.6. The van der Waals surface area contributed by atoms with Gasteiger partial charge in [-0.2, -0.15) is 0 Å². The van der Waals surface area contributed by atoms with E-state index in [0.717, 1.165) is 63.5 Å². The first-order valence-electron chi connectivity index (χ1n) is 9.78. The number of hydrogen-bond acceptors (Lipinski definition) is 3. The van der Waals surface area contributed by atoms with E-state index >= 15 is 0 Å². The van der Waals surface area contributed by atoms with Crippen molar-refractivity contribution in [1.82, 2.24) is 15.5 Å². The summed E-state index contributed by atoms with van der Waals surface area (Å²) in [5.74, 6) is 0.330. The van der Waals surface area contributed by atoms with Gasteiger partial charge < -0.3 is 21.3 Å². The fourth-order valence-corrected chi connectivity index (χ4v) is 3.25. The molecule has 7 heteroatoms. The summed E-state index contributed by atoms with van der Waals surface area (Å²) in [6.45, 7) is 8.46. The maximum Gasteiger partial charge on any atom is 0.221 e. The number of guanidine groups is 1. The average molecular weight is 378 g/mol. The third-order valence-corrected chi connectivity index (χ3v) is 4.85. The highest BCUT2D eigenvalue weighted by Gasteiger charge is 2.23. The number of piperidine rings is 1. The molecule has 0 saturated carbocycles. The number of amides is 1. The predicted molar refractivity (Wildman–Crippen MR) is 107 cm³/mol. The first kappa shape index (κ1) is 21.2. The van der Waals surface area contributed by atoms with Crippen LogP contribution in [-0.2, 0) is 11.3 Å². The van der Waals surface area contributed by atoms with Gasteiger partial charge in [-0.3, -0.25) is 4.79 Å². The summed E-state index contributed by atoms with van der Waals surface area (Å²) in [5, 5.41) is 6.53. The molecule has 6 nitrogen and oxygen atoms in total. The number of hydrogen-bond donors (Lipinski definition) is 3. The van der Waals surface area contributed by atoms with Crippen LogP contribution >= 0.6 is 0 Å². The van der Waals surface area contributed by atoms with Crippen molar-refractivity contribution in [2.75, 3.05) is 32.7 Å². The van der Waals surface area contributed by atoms with Crippen LogP contribution in [0.25, 0.3) is 0 Å². The Hall–Kier alpha value is -2.15. The van der Waals surface area contributed by atoms with Crippen molar-refractivity contribution in [3.63, 3.8) is 0 Å². The second-order valence-electron chi connectivity index (χ2n) is 7.10. The number of likely N-dealkylation sites (tertiary alicyclic amines) is 1. The van der Waals surface area contributed by atoms with Gasteiger partial charge in [0.25, 0.3) is 0 Å². The van der Waals surface area contributed by atoms with Crippen molar-refractivity contribution >= 4 is 11.9 Å². The molecule has 1 fully saturated rings. The Morgan fingerprint density at radius 2 is 2.22 bits per heavy atom. The van der Waals surface area contributed by atoms with Crippen molar-refractivity contribution < 1.29 is 9.18 Å². The van der Waals surface area contributed by atoms with Gasteiger partial charge >= 0.3 is 0 Å². The van der Waals surface area contributed by atoms with Gasteiger partial charge in [0, 0.05) is 19.6 Å². The first-order valence-corrected chi connectivity index (χ1v) is 9.78. The Morgan fingerprint density at radius 3 is 2.93 bits per heavy atom. The Labute approximate surface area is 161 Å². The minimum Gasteiger partial charge on any atom is -0.369 e. The second-order valence-corrected chi connectivity index (χ2v) is 7.10. The van der Waals surface area contributed by atoms with Crippen LogP contribution < -0.4 is 16.4 Å². The lowest BCUT2D eigenvalue weighted by Crippen LogP contribution is -2.43. The van der Waals surface area contributed by atoms with E-state index in [9.17, 15) is 9.18 Å². The average Bonchev–Trinajstić information content (AvgIpc) is 2.66. The number of nitrogens with one attached hydrogen (secondary N) is 2. The van der Waals surface area contributed by atoms with Crippen LogP contribution in [0.4, 0.5) is 4.39 Å². The van der Waals surface area contributed by atoms with E-state index in [-0.39, 0.29) is 17.6 Å². The molecule has 1 saturated heterocycles. The largest absolute Gasteiger partial charge is 0.369 e. The molecule has 1 aromatic rings. The number of carbonyl (C=O) groups excluding carboxylic acids is 1. The SMILES string of the molecule is CCNC(=NCc1ccc(C)c(F)c1)NCCCN1CCCC(C(N)=O)C1. The van der Waals surface area contributed by atoms with Crippen LogP contribution in [0.1, 0.15) is 37.3 Å². The summed E-state index contributed by atoms with van der Waals surface area (Å²) in [7, 11) is 0. The topological polar surface area (TPSA) is 82.8 Å². The molecule has 1 amide bonds. The van der Waals surface area contributed by atoms with E-state index in [4.69, 9.17) is 5.73 Å². The molecular weight excluding hydrogens is 345 g/mol. The van der Waals surface area contributed by atoms with Gasteiger partial charge in [0.2, 0.25) is 5.91 Å². The van der Waals surface area contributed by atoms with E-state index in [0.29, 0.717) is 12.1 Å². The minimum atomic E-state index is -0.198. The van der Waals surface area contributed by atoms with Crippen LogP contribution in [0, 0.1) is 18.7 Å². The van der Waals surface area contributed by atoms with Gasteiger partial charge in [0.15, 0.2) is 5.96 Å². The lowest BCUT2D eigenvalue weighted by atomic mass is 9.97. The molecule has 1 aliphatic rings. The lowest BCUT2D eigenvalue weighted by Gasteiger charge is -2.31. The zero-order valence-corrected chi connectivity index (χ0v) is 16.4. The number of halogens is 1. The van der Waals surface area contributed by atoms with Crippen LogP contribution in [-0.4, -0.2) is 49.5 Å². The number of aliphatic imine (C=N–C) groups is 1. The summed E-state index contributed by atoms with van der Waals surface area (Å²) in [5.41, 5.74) is 6.92. The molecule has 0 spiro atoms. The van der Waals surface area contributed by atoms with Gasteiger partial charge in [-0.25, -0.2) is 9.38 Å². The Morgan fingerprint density at radius 1 is 1.41 bits per heavy atom. The molecule has 2 rings (SSSR count). The van der Waals surface area contributed by atoms with E-state index in [2.05, 4.69) is 20.5 Å². The standard InChI is InChI=1S/C20H32FN5O/c1-3-23-20(25-13-16-8-7-15(2)18(21)12-16)24-9-5-11-26-10-4-6-17(14-26)19(22)27/h7-8,12,17H,3-6,9-11,13-14H2,1-2H3,(H2,22,27)(H2,23,24,25). The molecule has 4 N–H and O–H groups in total. The molecule has 0 aliphatic carbocycles. The van der Waals surface area contributed by atoms with Crippen LogP contribution in [0.15, 0.2) is 23.2 Å². The molecule has 1 heterocycles.